The monoisotopic (exact) mass is 464 g/mol. The van der Waals surface area contributed by atoms with Gasteiger partial charge in [-0.15, -0.1) is 0 Å². The Hall–Kier alpha value is -2.04. The lowest BCUT2D eigenvalue weighted by atomic mass is 9.49. The SMILES string of the molecule is CC(C)c1ccc2c(c1)CC[C@H]1[C@](C)(CNCCNCCc3ccc(O)c(O)c3)CCC[C@]21C. The number of hydrogen-bond donors (Lipinski definition) is 4. The number of aryl methyl sites for hydroxylation is 1. The van der Waals surface area contributed by atoms with E-state index in [9.17, 15) is 10.2 Å². The first kappa shape index (κ1) is 25.1. The molecule has 4 heteroatoms. The van der Waals surface area contributed by atoms with Crippen molar-refractivity contribution in [1.82, 2.24) is 10.6 Å². The van der Waals surface area contributed by atoms with Crippen LogP contribution in [0.2, 0.25) is 0 Å². The maximum absolute atomic E-state index is 9.63. The predicted molar refractivity (Wildman–Crippen MR) is 141 cm³/mol. The fraction of sp³-hybridized carbons (Fsp3) is 0.600. The van der Waals surface area contributed by atoms with Crippen LogP contribution in [-0.2, 0) is 18.3 Å². The molecule has 4 nitrogen and oxygen atoms in total. The molecule has 2 aliphatic rings. The summed E-state index contributed by atoms with van der Waals surface area (Å²) in [4.78, 5) is 0. The minimum Gasteiger partial charge on any atom is -0.504 e. The summed E-state index contributed by atoms with van der Waals surface area (Å²) in [6.45, 7) is 13.5. The molecule has 186 valence electrons. The Balaban J connectivity index is 1.28. The fourth-order valence-electron chi connectivity index (χ4n) is 6.85. The van der Waals surface area contributed by atoms with Crippen molar-refractivity contribution in [3.05, 3.63) is 58.7 Å². The van der Waals surface area contributed by atoms with Gasteiger partial charge in [0, 0.05) is 19.6 Å². The van der Waals surface area contributed by atoms with Crippen molar-refractivity contribution in [3.63, 3.8) is 0 Å². The summed E-state index contributed by atoms with van der Waals surface area (Å²) >= 11 is 0. The number of benzene rings is 2. The van der Waals surface area contributed by atoms with E-state index in [-0.39, 0.29) is 11.5 Å². The van der Waals surface area contributed by atoms with Crippen LogP contribution in [0.3, 0.4) is 0 Å². The molecule has 1 saturated carbocycles. The van der Waals surface area contributed by atoms with Crippen molar-refractivity contribution >= 4 is 0 Å². The van der Waals surface area contributed by atoms with Crippen molar-refractivity contribution in [2.45, 2.75) is 77.6 Å². The first-order valence-electron chi connectivity index (χ1n) is 13.3. The molecule has 34 heavy (non-hydrogen) atoms. The van der Waals surface area contributed by atoms with Gasteiger partial charge in [0.2, 0.25) is 0 Å². The van der Waals surface area contributed by atoms with E-state index in [0.29, 0.717) is 16.7 Å². The summed E-state index contributed by atoms with van der Waals surface area (Å²) in [5.41, 5.74) is 6.38. The Labute approximate surface area is 206 Å². The summed E-state index contributed by atoms with van der Waals surface area (Å²) in [5, 5.41) is 26.3. The summed E-state index contributed by atoms with van der Waals surface area (Å²) in [5.74, 6) is 1.22. The zero-order valence-corrected chi connectivity index (χ0v) is 21.6. The van der Waals surface area contributed by atoms with E-state index in [2.05, 4.69) is 56.5 Å². The maximum atomic E-state index is 9.63. The van der Waals surface area contributed by atoms with Gasteiger partial charge in [-0.25, -0.2) is 0 Å². The molecule has 0 saturated heterocycles. The average Bonchev–Trinajstić information content (AvgIpc) is 2.80. The molecule has 4 rings (SSSR count). The highest BCUT2D eigenvalue weighted by molar-refractivity contribution is 5.42. The summed E-state index contributed by atoms with van der Waals surface area (Å²) < 4.78 is 0. The molecule has 0 aliphatic heterocycles. The summed E-state index contributed by atoms with van der Waals surface area (Å²) in [6, 6.07) is 12.4. The molecule has 0 heterocycles. The molecule has 2 aromatic rings. The first-order chi connectivity index (χ1) is 16.2. The van der Waals surface area contributed by atoms with E-state index >= 15 is 0 Å². The molecule has 4 N–H and O–H groups in total. The lowest BCUT2D eigenvalue weighted by Gasteiger charge is -2.55. The molecule has 0 spiro atoms. The van der Waals surface area contributed by atoms with Gasteiger partial charge in [-0.05, 0) is 95.7 Å². The summed E-state index contributed by atoms with van der Waals surface area (Å²) in [6.07, 6.45) is 7.31. The van der Waals surface area contributed by atoms with Gasteiger partial charge in [-0.3, -0.25) is 0 Å². The van der Waals surface area contributed by atoms with E-state index in [0.717, 1.165) is 44.1 Å². The van der Waals surface area contributed by atoms with E-state index in [1.54, 1.807) is 23.3 Å². The lowest BCUT2D eigenvalue weighted by Crippen LogP contribution is -2.53. The third-order valence-corrected chi connectivity index (χ3v) is 8.81. The molecule has 2 aromatic carbocycles. The fourth-order valence-corrected chi connectivity index (χ4v) is 6.85. The minimum absolute atomic E-state index is 0.0439. The molecular weight excluding hydrogens is 420 g/mol. The first-order valence-corrected chi connectivity index (χ1v) is 13.3. The second-order valence-corrected chi connectivity index (χ2v) is 11.6. The van der Waals surface area contributed by atoms with E-state index in [1.807, 2.05) is 6.07 Å². The van der Waals surface area contributed by atoms with Gasteiger partial charge < -0.3 is 20.8 Å². The number of phenolic OH excluding ortho intramolecular Hbond substituents is 2. The summed E-state index contributed by atoms with van der Waals surface area (Å²) in [7, 11) is 0. The Morgan fingerprint density at radius 3 is 2.50 bits per heavy atom. The van der Waals surface area contributed by atoms with Crippen LogP contribution in [0.5, 0.6) is 11.5 Å². The van der Waals surface area contributed by atoms with Gasteiger partial charge in [-0.2, -0.15) is 0 Å². The Morgan fingerprint density at radius 2 is 1.74 bits per heavy atom. The zero-order chi connectivity index (χ0) is 24.3. The maximum Gasteiger partial charge on any atom is 0.157 e. The topological polar surface area (TPSA) is 64.5 Å². The van der Waals surface area contributed by atoms with Gasteiger partial charge in [0.05, 0.1) is 0 Å². The molecule has 0 bridgehead atoms. The van der Waals surface area contributed by atoms with Crippen LogP contribution in [0, 0.1) is 11.3 Å². The minimum atomic E-state index is -0.0602. The molecule has 2 aliphatic carbocycles. The highest BCUT2D eigenvalue weighted by Crippen LogP contribution is 2.57. The number of aromatic hydroxyl groups is 2. The average molecular weight is 465 g/mol. The van der Waals surface area contributed by atoms with Crippen molar-refractivity contribution in [1.29, 1.82) is 0 Å². The number of nitrogens with one attached hydrogen (secondary N) is 2. The normalized spacial score (nSPS) is 26.3. The molecular formula is C30H44N2O2. The van der Waals surface area contributed by atoms with Gasteiger partial charge in [0.25, 0.3) is 0 Å². The van der Waals surface area contributed by atoms with Crippen molar-refractivity contribution in [2.75, 3.05) is 26.2 Å². The van der Waals surface area contributed by atoms with Gasteiger partial charge in [0.15, 0.2) is 11.5 Å². The number of fused-ring (bicyclic) bond motifs is 3. The van der Waals surface area contributed by atoms with Crippen molar-refractivity contribution in [3.8, 4) is 11.5 Å². The molecule has 3 atom stereocenters. The van der Waals surface area contributed by atoms with E-state index < -0.39 is 0 Å². The van der Waals surface area contributed by atoms with Crippen LogP contribution in [-0.4, -0.2) is 36.4 Å². The Bertz CT molecular complexity index is 988. The van der Waals surface area contributed by atoms with Crippen LogP contribution >= 0.6 is 0 Å². The zero-order valence-electron chi connectivity index (χ0n) is 21.6. The standard InChI is InChI=1S/C30H44N2O2/c1-21(2)23-7-9-25-24(19-23)8-11-28-29(3,13-5-14-30(25,28)4)20-32-17-16-31-15-12-22-6-10-26(33)27(34)18-22/h6-7,9-10,18-19,21,28,31-34H,5,8,11-17,20H2,1-4H3/t28-,29-,30+/m0/s1. The highest BCUT2D eigenvalue weighted by Gasteiger charge is 2.51. The van der Waals surface area contributed by atoms with E-state index in [4.69, 9.17) is 0 Å². The number of phenols is 2. The third kappa shape index (κ3) is 5.13. The third-order valence-electron chi connectivity index (χ3n) is 8.81. The Kier molecular flexibility index (Phi) is 7.59. The van der Waals surface area contributed by atoms with Crippen molar-refractivity contribution in [2.24, 2.45) is 11.3 Å². The molecule has 1 fully saturated rings. The quantitative estimate of drug-likeness (QED) is 0.286. The second-order valence-electron chi connectivity index (χ2n) is 11.6. The highest BCUT2D eigenvalue weighted by atomic mass is 16.3. The van der Waals surface area contributed by atoms with E-state index in [1.165, 1.54) is 37.7 Å². The molecule has 0 radical (unpaired) electrons. The molecule has 0 amide bonds. The number of rotatable bonds is 9. The van der Waals surface area contributed by atoms with Crippen LogP contribution < -0.4 is 10.6 Å². The predicted octanol–water partition coefficient (Wildman–Crippen LogP) is 5.65. The smallest absolute Gasteiger partial charge is 0.157 e. The Morgan fingerprint density at radius 1 is 0.941 bits per heavy atom. The van der Waals surface area contributed by atoms with Gasteiger partial charge in [0.1, 0.15) is 0 Å². The van der Waals surface area contributed by atoms with Crippen LogP contribution in [0.25, 0.3) is 0 Å². The molecule has 0 aromatic heterocycles. The molecule has 0 unspecified atom stereocenters. The van der Waals surface area contributed by atoms with Crippen LogP contribution in [0.1, 0.15) is 81.5 Å². The van der Waals surface area contributed by atoms with Gasteiger partial charge in [-0.1, -0.05) is 58.4 Å². The lowest BCUT2D eigenvalue weighted by molar-refractivity contribution is 0.0261. The van der Waals surface area contributed by atoms with Crippen LogP contribution in [0.4, 0.5) is 0 Å². The van der Waals surface area contributed by atoms with Crippen LogP contribution in [0.15, 0.2) is 36.4 Å². The van der Waals surface area contributed by atoms with Crippen molar-refractivity contribution < 1.29 is 10.2 Å². The second kappa shape index (κ2) is 10.3. The van der Waals surface area contributed by atoms with Gasteiger partial charge >= 0.3 is 0 Å². The number of hydrogen-bond acceptors (Lipinski definition) is 4. The largest absolute Gasteiger partial charge is 0.504 e.